The molecule has 0 radical (unpaired) electrons. The molecule has 0 aliphatic carbocycles. The second-order valence-corrected chi connectivity index (χ2v) is 2.93. The summed E-state index contributed by atoms with van der Waals surface area (Å²) in [7, 11) is 0. The highest BCUT2D eigenvalue weighted by Crippen LogP contribution is 2.37. The Morgan fingerprint density at radius 3 is 2.62 bits per heavy atom. The lowest BCUT2D eigenvalue weighted by Crippen LogP contribution is -1.97. The summed E-state index contributed by atoms with van der Waals surface area (Å²) >= 11 is 0. The number of rotatable bonds is 3. The predicted octanol–water partition coefficient (Wildman–Crippen LogP) is 2.20. The summed E-state index contributed by atoms with van der Waals surface area (Å²) in [6, 6.07) is 3.16. The zero-order valence-corrected chi connectivity index (χ0v) is 7.87. The molecule has 2 N–H and O–H groups in total. The SMILES string of the molecule is CCCOc1c(C)ccc(O)c1O. The van der Waals surface area contributed by atoms with Crippen LogP contribution in [-0.4, -0.2) is 16.8 Å². The van der Waals surface area contributed by atoms with Gasteiger partial charge in [0, 0.05) is 0 Å². The van der Waals surface area contributed by atoms with E-state index >= 15 is 0 Å². The smallest absolute Gasteiger partial charge is 0.200 e. The van der Waals surface area contributed by atoms with Gasteiger partial charge in [0.15, 0.2) is 11.5 Å². The normalized spacial score (nSPS) is 10.0. The molecule has 72 valence electrons. The van der Waals surface area contributed by atoms with Crippen LogP contribution in [-0.2, 0) is 0 Å². The van der Waals surface area contributed by atoms with Gasteiger partial charge in [-0.25, -0.2) is 0 Å². The Bertz CT molecular complexity index is 294. The summed E-state index contributed by atoms with van der Waals surface area (Å²) in [5.41, 5.74) is 0.823. The number of phenols is 2. The van der Waals surface area contributed by atoms with Crippen molar-refractivity contribution in [3.63, 3.8) is 0 Å². The standard InChI is InChI=1S/C10H14O3/c1-3-6-13-10-7(2)4-5-8(11)9(10)12/h4-5,11-12H,3,6H2,1-2H3. The van der Waals surface area contributed by atoms with Crippen molar-refractivity contribution in [1.82, 2.24) is 0 Å². The van der Waals surface area contributed by atoms with Crippen LogP contribution in [0.2, 0.25) is 0 Å². The molecule has 1 aromatic rings. The van der Waals surface area contributed by atoms with Gasteiger partial charge in [-0.2, -0.15) is 0 Å². The van der Waals surface area contributed by atoms with Gasteiger partial charge in [-0.1, -0.05) is 13.0 Å². The Balaban J connectivity index is 2.96. The van der Waals surface area contributed by atoms with Crippen molar-refractivity contribution >= 4 is 0 Å². The van der Waals surface area contributed by atoms with Gasteiger partial charge in [0.05, 0.1) is 6.61 Å². The first kappa shape index (κ1) is 9.71. The monoisotopic (exact) mass is 182 g/mol. The molecule has 0 saturated heterocycles. The molecule has 1 aromatic carbocycles. The molecular weight excluding hydrogens is 168 g/mol. The van der Waals surface area contributed by atoms with E-state index in [1.54, 1.807) is 6.07 Å². The molecule has 3 heteroatoms. The largest absolute Gasteiger partial charge is 0.504 e. The highest BCUT2D eigenvalue weighted by molar-refractivity contribution is 5.53. The van der Waals surface area contributed by atoms with Crippen molar-refractivity contribution in [1.29, 1.82) is 0 Å². The van der Waals surface area contributed by atoms with Crippen LogP contribution in [0.4, 0.5) is 0 Å². The van der Waals surface area contributed by atoms with Crippen LogP contribution in [0.3, 0.4) is 0 Å². The minimum absolute atomic E-state index is 0.142. The van der Waals surface area contributed by atoms with Crippen LogP contribution in [0.1, 0.15) is 18.9 Å². The van der Waals surface area contributed by atoms with Gasteiger partial charge in [-0.3, -0.25) is 0 Å². The van der Waals surface area contributed by atoms with Crippen LogP contribution in [0.25, 0.3) is 0 Å². The fourth-order valence-corrected chi connectivity index (χ4v) is 1.05. The lowest BCUT2D eigenvalue weighted by Gasteiger charge is -2.10. The van der Waals surface area contributed by atoms with Gasteiger partial charge in [-0.05, 0) is 25.0 Å². The average molecular weight is 182 g/mol. The summed E-state index contributed by atoms with van der Waals surface area (Å²) < 4.78 is 5.29. The summed E-state index contributed by atoms with van der Waals surface area (Å²) in [5.74, 6) is 0.0620. The molecule has 0 bridgehead atoms. The Morgan fingerprint density at radius 1 is 1.31 bits per heavy atom. The third-order valence-electron chi connectivity index (χ3n) is 1.76. The van der Waals surface area contributed by atoms with E-state index in [9.17, 15) is 10.2 Å². The number of ether oxygens (including phenoxy) is 1. The minimum atomic E-state index is -0.173. The van der Waals surface area contributed by atoms with Crippen molar-refractivity contribution in [3.05, 3.63) is 17.7 Å². The number of aryl methyl sites for hydroxylation is 1. The van der Waals surface area contributed by atoms with Crippen LogP contribution in [0.5, 0.6) is 17.2 Å². The zero-order valence-electron chi connectivity index (χ0n) is 7.87. The quantitative estimate of drug-likeness (QED) is 0.704. The number of aromatic hydroxyl groups is 2. The molecule has 0 aliphatic heterocycles. The van der Waals surface area contributed by atoms with E-state index in [0.717, 1.165) is 12.0 Å². The summed E-state index contributed by atoms with van der Waals surface area (Å²) in [6.07, 6.45) is 0.870. The van der Waals surface area contributed by atoms with E-state index in [1.807, 2.05) is 13.8 Å². The Labute approximate surface area is 77.6 Å². The lowest BCUT2D eigenvalue weighted by atomic mass is 10.2. The first-order valence-corrected chi connectivity index (χ1v) is 4.31. The number of hydrogen-bond donors (Lipinski definition) is 2. The molecule has 0 fully saturated rings. The topological polar surface area (TPSA) is 49.7 Å². The maximum atomic E-state index is 9.43. The number of benzene rings is 1. The minimum Gasteiger partial charge on any atom is -0.504 e. The van der Waals surface area contributed by atoms with Crippen molar-refractivity contribution < 1.29 is 14.9 Å². The van der Waals surface area contributed by atoms with Crippen LogP contribution >= 0.6 is 0 Å². The molecule has 1 rings (SSSR count). The second-order valence-electron chi connectivity index (χ2n) is 2.93. The summed E-state index contributed by atoms with van der Waals surface area (Å²) in [4.78, 5) is 0. The Morgan fingerprint density at radius 2 is 2.00 bits per heavy atom. The maximum Gasteiger partial charge on any atom is 0.200 e. The van der Waals surface area contributed by atoms with E-state index in [1.165, 1.54) is 6.07 Å². The predicted molar refractivity (Wildman–Crippen MR) is 50.3 cm³/mol. The van der Waals surface area contributed by atoms with Gasteiger partial charge >= 0.3 is 0 Å². The summed E-state index contributed by atoms with van der Waals surface area (Å²) in [5, 5.41) is 18.6. The Hall–Kier alpha value is -1.38. The van der Waals surface area contributed by atoms with Crippen LogP contribution in [0, 0.1) is 6.92 Å². The molecule has 0 heterocycles. The van der Waals surface area contributed by atoms with Gasteiger partial charge in [-0.15, -0.1) is 0 Å². The van der Waals surface area contributed by atoms with E-state index in [-0.39, 0.29) is 11.5 Å². The van der Waals surface area contributed by atoms with E-state index in [0.29, 0.717) is 12.4 Å². The zero-order chi connectivity index (χ0) is 9.84. The molecule has 0 saturated carbocycles. The highest BCUT2D eigenvalue weighted by atomic mass is 16.5. The first-order valence-electron chi connectivity index (χ1n) is 4.31. The lowest BCUT2D eigenvalue weighted by molar-refractivity contribution is 0.290. The van der Waals surface area contributed by atoms with Gasteiger partial charge in [0.25, 0.3) is 0 Å². The van der Waals surface area contributed by atoms with E-state index in [2.05, 4.69) is 0 Å². The second kappa shape index (κ2) is 4.03. The molecule has 0 aromatic heterocycles. The van der Waals surface area contributed by atoms with Crippen molar-refractivity contribution in [2.24, 2.45) is 0 Å². The molecule has 0 aliphatic rings. The van der Waals surface area contributed by atoms with Gasteiger partial charge in [0.1, 0.15) is 0 Å². The molecule has 0 spiro atoms. The van der Waals surface area contributed by atoms with Crippen LogP contribution in [0.15, 0.2) is 12.1 Å². The number of hydrogen-bond acceptors (Lipinski definition) is 3. The molecule has 0 atom stereocenters. The Kier molecular flexibility index (Phi) is 3.01. The molecule has 13 heavy (non-hydrogen) atoms. The van der Waals surface area contributed by atoms with Gasteiger partial charge in [0.2, 0.25) is 5.75 Å². The maximum absolute atomic E-state index is 9.43. The molecule has 0 amide bonds. The highest BCUT2D eigenvalue weighted by Gasteiger charge is 2.09. The van der Waals surface area contributed by atoms with Crippen LogP contribution < -0.4 is 4.74 Å². The van der Waals surface area contributed by atoms with E-state index < -0.39 is 0 Å². The third kappa shape index (κ3) is 2.05. The first-order chi connectivity index (χ1) is 6.16. The fraction of sp³-hybridized carbons (Fsp3) is 0.400. The van der Waals surface area contributed by atoms with E-state index in [4.69, 9.17) is 4.74 Å². The summed E-state index contributed by atoms with van der Waals surface area (Å²) in [6.45, 7) is 4.34. The average Bonchev–Trinajstić information content (AvgIpc) is 2.12. The third-order valence-corrected chi connectivity index (χ3v) is 1.76. The van der Waals surface area contributed by atoms with Crippen molar-refractivity contribution in [2.45, 2.75) is 20.3 Å². The van der Waals surface area contributed by atoms with Gasteiger partial charge < -0.3 is 14.9 Å². The van der Waals surface area contributed by atoms with Crippen molar-refractivity contribution in [2.75, 3.05) is 6.61 Å². The fourth-order valence-electron chi connectivity index (χ4n) is 1.05. The molecular formula is C10H14O3. The number of phenolic OH excluding ortho intramolecular Hbond substituents is 2. The van der Waals surface area contributed by atoms with Crippen molar-refractivity contribution in [3.8, 4) is 17.2 Å². The molecule has 3 nitrogen and oxygen atoms in total. The molecule has 0 unspecified atom stereocenters.